The second-order valence-electron chi connectivity index (χ2n) is 2.59. The number of hydrogen-bond donors (Lipinski definition) is 1. The van der Waals surface area contributed by atoms with Crippen LogP contribution >= 0.6 is 11.6 Å². The minimum Gasteiger partial charge on any atom is -0.330 e. The molecule has 2 N–H and O–H groups in total. The minimum absolute atomic E-state index is 0.0992. The molecular formula is C8H9ClF2N2. The first-order chi connectivity index (χ1) is 6.15. The Hall–Kier alpha value is -0.740. The molecule has 1 unspecified atom stereocenters. The molecule has 0 amide bonds. The predicted octanol–water partition coefficient (Wildman–Crippen LogP) is 2.04. The van der Waals surface area contributed by atoms with Crippen molar-refractivity contribution < 1.29 is 8.78 Å². The highest BCUT2D eigenvalue weighted by Gasteiger charge is 2.20. The van der Waals surface area contributed by atoms with Crippen LogP contribution in [0, 0.1) is 0 Å². The van der Waals surface area contributed by atoms with Crippen LogP contribution in [0.2, 0.25) is 5.15 Å². The van der Waals surface area contributed by atoms with Gasteiger partial charge < -0.3 is 5.73 Å². The molecule has 0 fully saturated rings. The summed E-state index contributed by atoms with van der Waals surface area (Å²) in [4.78, 5) is 3.70. The molecule has 0 spiro atoms. The maximum absolute atomic E-state index is 12.4. The van der Waals surface area contributed by atoms with Crippen molar-refractivity contribution in [3.63, 3.8) is 0 Å². The van der Waals surface area contributed by atoms with Crippen molar-refractivity contribution in [2.45, 2.75) is 12.3 Å². The molecule has 72 valence electrons. The maximum atomic E-state index is 12.4. The lowest BCUT2D eigenvalue weighted by Crippen LogP contribution is -2.19. The summed E-state index contributed by atoms with van der Waals surface area (Å²) in [7, 11) is 0. The topological polar surface area (TPSA) is 38.9 Å². The lowest BCUT2D eigenvalue weighted by molar-refractivity contribution is 0.117. The van der Waals surface area contributed by atoms with E-state index in [1.807, 2.05) is 0 Å². The fourth-order valence-corrected chi connectivity index (χ4v) is 1.21. The van der Waals surface area contributed by atoms with Gasteiger partial charge in [0, 0.05) is 12.7 Å². The first-order valence-corrected chi connectivity index (χ1v) is 4.12. The van der Waals surface area contributed by atoms with Crippen LogP contribution in [-0.4, -0.2) is 18.0 Å². The summed E-state index contributed by atoms with van der Waals surface area (Å²) in [5.41, 5.74) is 5.64. The quantitative estimate of drug-likeness (QED) is 0.769. The molecule has 13 heavy (non-hydrogen) atoms. The monoisotopic (exact) mass is 206 g/mol. The van der Waals surface area contributed by atoms with Crippen molar-refractivity contribution in [2.24, 2.45) is 5.73 Å². The van der Waals surface area contributed by atoms with Gasteiger partial charge in [0.15, 0.2) is 0 Å². The molecule has 0 aliphatic carbocycles. The fraction of sp³-hybridized carbons (Fsp3) is 0.375. The Kier molecular flexibility index (Phi) is 3.57. The number of rotatable bonds is 3. The van der Waals surface area contributed by atoms with Crippen molar-refractivity contribution in [1.82, 2.24) is 4.98 Å². The van der Waals surface area contributed by atoms with E-state index < -0.39 is 12.3 Å². The summed E-state index contributed by atoms with van der Waals surface area (Å²) in [5.74, 6) is -0.958. The van der Waals surface area contributed by atoms with E-state index in [1.54, 1.807) is 0 Å². The van der Waals surface area contributed by atoms with Crippen LogP contribution in [0.3, 0.4) is 0 Å². The van der Waals surface area contributed by atoms with E-state index in [-0.39, 0.29) is 11.7 Å². The number of nitrogens with zero attached hydrogens (tertiary/aromatic N) is 1. The third kappa shape index (κ3) is 2.60. The van der Waals surface area contributed by atoms with Crippen LogP contribution in [0.25, 0.3) is 0 Å². The molecular weight excluding hydrogens is 198 g/mol. The smallest absolute Gasteiger partial charge is 0.246 e. The van der Waals surface area contributed by atoms with Crippen LogP contribution in [-0.2, 0) is 0 Å². The van der Waals surface area contributed by atoms with Gasteiger partial charge in [0.05, 0.1) is 5.92 Å². The van der Waals surface area contributed by atoms with Gasteiger partial charge in [0.1, 0.15) is 5.15 Å². The molecule has 0 aromatic carbocycles. The number of halogens is 3. The number of pyridine rings is 1. The van der Waals surface area contributed by atoms with Gasteiger partial charge in [-0.2, -0.15) is 0 Å². The lowest BCUT2D eigenvalue weighted by Gasteiger charge is -2.13. The molecule has 0 aliphatic rings. The number of alkyl halides is 2. The van der Waals surface area contributed by atoms with Crippen LogP contribution < -0.4 is 5.73 Å². The molecule has 1 heterocycles. The molecule has 0 saturated carbocycles. The zero-order valence-corrected chi connectivity index (χ0v) is 7.51. The molecule has 0 saturated heterocycles. The van der Waals surface area contributed by atoms with E-state index in [1.165, 1.54) is 18.3 Å². The van der Waals surface area contributed by atoms with Crippen molar-refractivity contribution in [2.75, 3.05) is 6.54 Å². The second kappa shape index (κ2) is 4.48. The summed E-state index contributed by atoms with van der Waals surface area (Å²) in [5, 5.41) is 0.205. The molecule has 5 heteroatoms. The molecule has 0 aliphatic heterocycles. The Balaban J connectivity index is 2.91. The molecule has 0 bridgehead atoms. The SMILES string of the molecule is NCC(c1ccnc(Cl)c1)C(F)F. The molecule has 2 nitrogen and oxygen atoms in total. The van der Waals surface area contributed by atoms with Crippen molar-refractivity contribution >= 4 is 11.6 Å². The van der Waals surface area contributed by atoms with Crippen molar-refractivity contribution in [3.8, 4) is 0 Å². The van der Waals surface area contributed by atoms with E-state index in [4.69, 9.17) is 17.3 Å². The van der Waals surface area contributed by atoms with Gasteiger partial charge in [-0.1, -0.05) is 11.6 Å². The molecule has 1 aromatic heterocycles. The fourth-order valence-electron chi connectivity index (χ4n) is 1.03. The Morgan fingerprint density at radius 2 is 2.23 bits per heavy atom. The summed E-state index contributed by atoms with van der Waals surface area (Å²) in [6.45, 7) is -0.0992. The second-order valence-corrected chi connectivity index (χ2v) is 2.98. The Bertz CT molecular complexity index is 281. The van der Waals surface area contributed by atoms with Gasteiger partial charge in [-0.25, -0.2) is 13.8 Å². The zero-order valence-electron chi connectivity index (χ0n) is 6.75. The van der Waals surface area contributed by atoms with E-state index in [2.05, 4.69) is 4.98 Å². The lowest BCUT2D eigenvalue weighted by atomic mass is 10.0. The van der Waals surface area contributed by atoms with Crippen molar-refractivity contribution in [1.29, 1.82) is 0 Å². The van der Waals surface area contributed by atoms with Crippen LogP contribution in [0.4, 0.5) is 8.78 Å². The van der Waals surface area contributed by atoms with E-state index in [0.717, 1.165) is 0 Å². The van der Waals surface area contributed by atoms with E-state index >= 15 is 0 Å². The van der Waals surface area contributed by atoms with Crippen LogP contribution in [0.5, 0.6) is 0 Å². The number of aromatic nitrogens is 1. The molecule has 1 rings (SSSR count). The average Bonchev–Trinajstić information content (AvgIpc) is 2.04. The summed E-state index contributed by atoms with van der Waals surface area (Å²) in [6, 6.07) is 2.90. The highest BCUT2D eigenvalue weighted by molar-refractivity contribution is 6.29. The summed E-state index contributed by atoms with van der Waals surface area (Å²) in [6.07, 6.45) is -1.08. The Labute approximate surface area is 79.7 Å². The number of hydrogen-bond acceptors (Lipinski definition) is 2. The molecule has 1 aromatic rings. The Morgan fingerprint density at radius 1 is 1.54 bits per heavy atom. The highest BCUT2D eigenvalue weighted by atomic mass is 35.5. The summed E-state index contributed by atoms with van der Waals surface area (Å²) >= 11 is 5.55. The van der Waals surface area contributed by atoms with Gasteiger partial charge in [-0.05, 0) is 17.7 Å². The largest absolute Gasteiger partial charge is 0.330 e. The van der Waals surface area contributed by atoms with Crippen LogP contribution in [0.15, 0.2) is 18.3 Å². The molecule has 1 atom stereocenters. The highest BCUT2D eigenvalue weighted by Crippen LogP contribution is 2.23. The molecule has 0 radical (unpaired) electrons. The maximum Gasteiger partial charge on any atom is 0.246 e. The van der Waals surface area contributed by atoms with Crippen LogP contribution in [0.1, 0.15) is 11.5 Å². The first-order valence-electron chi connectivity index (χ1n) is 3.75. The summed E-state index contributed by atoms with van der Waals surface area (Å²) < 4.78 is 24.7. The zero-order chi connectivity index (χ0) is 9.84. The Morgan fingerprint density at radius 3 is 2.69 bits per heavy atom. The number of nitrogens with two attached hydrogens (primary N) is 1. The van der Waals surface area contributed by atoms with Gasteiger partial charge in [0.25, 0.3) is 0 Å². The van der Waals surface area contributed by atoms with Gasteiger partial charge >= 0.3 is 0 Å². The van der Waals surface area contributed by atoms with Gasteiger partial charge in [0.2, 0.25) is 6.43 Å². The predicted molar refractivity (Wildman–Crippen MR) is 47.0 cm³/mol. The van der Waals surface area contributed by atoms with Gasteiger partial charge in [-0.15, -0.1) is 0 Å². The van der Waals surface area contributed by atoms with Gasteiger partial charge in [-0.3, -0.25) is 0 Å². The average molecular weight is 207 g/mol. The standard InChI is InChI=1S/C8H9ClF2N2/c9-7-3-5(1-2-13-7)6(4-12)8(10)11/h1-3,6,8H,4,12H2. The van der Waals surface area contributed by atoms with E-state index in [9.17, 15) is 8.78 Å². The minimum atomic E-state index is -2.47. The third-order valence-corrected chi connectivity index (χ3v) is 1.94. The third-order valence-electron chi connectivity index (χ3n) is 1.74. The van der Waals surface area contributed by atoms with Crippen molar-refractivity contribution in [3.05, 3.63) is 29.0 Å². The normalized spacial score (nSPS) is 13.3. The first kappa shape index (κ1) is 10.3. The van der Waals surface area contributed by atoms with E-state index in [0.29, 0.717) is 5.56 Å².